The zero-order valence-electron chi connectivity index (χ0n) is 17.8. The fourth-order valence-electron chi connectivity index (χ4n) is 5.53. The first kappa shape index (κ1) is 21.0. The molecule has 4 rings (SSSR count). The molecule has 1 saturated heterocycles. The van der Waals surface area contributed by atoms with Crippen LogP contribution in [0.15, 0.2) is 12.4 Å². The van der Waals surface area contributed by atoms with Crippen molar-refractivity contribution in [3.05, 3.63) is 12.4 Å². The molecule has 4 aliphatic rings. The highest BCUT2D eigenvalue weighted by atomic mass is 16.3. The van der Waals surface area contributed by atoms with Crippen LogP contribution in [0.2, 0.25) is 0 Å². The van der Waals surface area contributed by atoms with E-state index in [1.807, 2.05) is 0 Å². The zero-order valence-corrected chi connectivity index (χ0v) is 17.8. The van der Waals surface area contributed by atoms with E-state index in [1.165, 1.54) is 4.90 Å². The predicted molar refractivity (Wildman–Crippen MR) is 109 cm³/mol. The van der Waals surface area contributed by atoms with Gasteiger partial charge in [0.1, 0.15) is 6.04 Å². The first-order valence-corrected chi connectivity index (χ1v) is 10.8. The lowest BCUT2D eigenvalue weighted by Crippen LogP contribution is -2.53. The highest BCUT2D eigenvalue weighted by Crippen LogP contribution is 2.59. The van der Waals surface area contributed by atoms with Crippen LogP contribution < -0.4 is 11.1 Å². The minimum absolute atomic E-state index is 0.0131. The van der Waals surface area contributed by atoms with Crippen molar-refractivity contribution in [2.75, 3.05) is 19.8 Å². The summed E-state index contributed by atoms with van der Waals surface area (Å²) in [4.78, 5) is 42.3. The molecule has 0 aromatic heterocycles. The van der Waals surface area contributed by atoms with Crippen LogP contribution in [-0.2, 0) is 9.59 Å². The molecule has 9 nitrogen and oxygen atoms in total. The molecule has 2 aliphatic carbocycles. The molecule has 30 heavy (non-hydrogen) atoms. The number of rotatable bonds is 5. The van der Waals surface area contributed by atoms with Crippen LogP contribution in [-0.4, -0.2) is 75.6 Å². The van der Waals surface area contributed by atoms with E-state index in [4.69, 9.17) is 5.73 Å². The first-order valence-electron chi connectivity index (χ1n) is 10.8. The number of nitrogens with one attached hydrogen (secondary N) is 1. The van der Waals surface area contributed by atoms with Crippen molar-refractivity contribution in [1.29, 1.82) is 0 Å². The maximum Gasteiger partial charge on any atom is 0.320 e. The Labute approximate surface area is 177 Å². The van der Waals surface area contributed by atoms with Gasteiger partial charge in [0.15, 0.2) is 0 Å². The fraction of sp³-hybridized carbons (Fsp3) is 0.762. The summed E-state index contributed by atoms with van der Waals surface area (Å²) in [6.45, 7) is 4.73. The van der Waals surface area contributed by atoms with Crippen molar-refractivity contribution in [2.45, 2.75) is 70.5 Å². The summed E-state index contributed by atoms with van der Waals surface area (Å²) < 4.78 is 0. The van der Waals surface area contributed by atoms with Crippen LogP contribution in [0.1, 0.15) is 52.4 Å². The van der Waals surface area contributed by atoms with Gasteiger partial charge in [0.05, 0.1) is 19.8 Å². The number of likely N-dealkylation sites (tertiary alicyclic amines) is 1. The number of nitrogens with zero attached hydrogens (tertiary/aromatic N) is 3. The number of nitrogens with two attached hydrogens (primary N) is 1. The Kier molecular flexibility index (Phi) is 5.20. The van der Waals surface area contributed by atoms with Crippen molar-refractivity contribution >= 4 is 17.8 Å². The summed E-state index contributed by atoms with van der Waals surface area (Å²) in [5.74, 6) is -0.269. The number of piperidine rings is 1. The summed E-state index contributed by atoms with van der Waals surface area (Å²) in [5.41, 5.74) is 5.15. The number of carbonyl (C=O) groups is 3. The Hall–Kier alpha value is -2.29. The summed E-state index contributed by atoms with van der Waals surface area (Å²) >= 11 is 0. The largest absolute Gasteiger partial charge is 0.396 e. The molecule has 3 fully saturated rings. The molecule has 2 heterocycles. The zero-order chi connectivity index (χ0) is 21.7. The number of hydrogen-bond acceptors (Lipinski definition) is 5. The minimum atomic E-state index is -0.573. The third-order valence-corrected chi connectivity index (χ3v) is 7.29. The van der Waals surface area contributed by atoms with Gasteiger partial charge in [-0.3, -0.25) is 14.5 Å². The lowest BCUT2D eigenvalue weighted by atomic mass is 9.75. The maximum absolute atomic E-state index is 13.2. The van der Waals surface area contributed by atoms with Gasteiger partial charge in [-0.1, -0.05) is 20.3 Å². The predicted octanol–water partition coefficient (Wildman–Crippen LogP) is 0.548. The SMILES string of the molecule is CC1(C)CCC[C@H](NC(=O)[C@@H]2C[C@@]3(CO)C[C@H]3N2C(=O)CN2C=CN(C(N)=O)C2)C1. The van der Waals surface area contributed by atoms with Crippen LogP contribution in [0.3, 0.4) is 0 Å². The third-order valence-electron chi connectivity index (χ3n) is 7.29. The van der Waals surface area contributed by atoms with Gasteiger partial charge in [-0.2, -0.15) is 0 Å². The summed E-state index contributed by atoms with van der Waals surface area (Å²) in [6, 6.07) is -1.08. The molecule has 2 saturated carbocycles. The van der Waals surface area contributed by atoms with E-state index in [1.54, 1.807) is 22.2 Å². The van der Waals surface area contributed by atoms with Crippen LogP contribution in [0, 0.1) is 10.8 Å². The average molecular weight is 420 g/mol. The number of aliphatic hydroxyl groups excluding tert-OH is 1. The summed E-state index contributed by atoms with van der Waals surface area (Å²) in [5, 5.41) is 13.1. The molecule has 0 radical (unpaired) electrons. The Morgan fingerprint density at radius 3 is 2.60 bits per heavy atom. The molecule has 4 amide bonds. The molecule has 9 heteroatoms. The van der Waals surface area contributed by atoms with E-state index in [9.17, 15) is 19.5 Å². The van der Waals surface area contributed by atoms with Crippen LogP contribution >= 0.6 is 0 Å². The van der Waals surface area contributed by atoms with Gasteiger partial charge in [0.2, 0.25) is 11.8 Å². The number of urea groups is 1. The van der Waals surface area contributed by atoms with Crippen LogP contribution in [0.4, 0.5) is 4.79 Å². The van der Waals surface area contributed by atoms with E-state index in [2.05, 4.69) is 19.2 Å². The number of amides is 4. The van der Waals surface area contributed by atoms with Gasteiger partial charge in [0.25, 0.3) is 0 Å². The standard InChI is InChI=1S/C21H33N5O4/c1-20(2)5-3-4-14(8-20)23-18(29)15-9-21(12-27)10-16(21)26(15)17(28)11-24-6-7-25(13-24)19(22)30/h6-7,14-16,27H,3-5,8-13H2,1-2H3,(H2,22,30)(H,23,29)/t14-,15-,16+,21-/m0/s1. The van der Waals surface area contributed by atoms with Gasteiger partial charge < -0.3 is 26.0 Å². The lowest BCUT2D eigenvalue weighted by molar-refractivity contribution is -0.140. The fourth-order valence-corrected chi connectivity index (χ4v) is 5.53. The Morgan fingerprint density at radius 1 is 1.20 bits per heavy atom. The molecule has 0 bridgehead atoms. The Morgan fingerprint density at radius 2 is 1.97 bits per heavy atom. The number of fused-ring (bicyclic) bond motifs is 1. The lowest BCUT2D eigenvalue weighted by Gasteiger charge is -2.37. The maximum atomic E-state index is 13.2. The van der Waals surface area contributed by atoms with E-state index < -0.39 is 12.1 Å². The highest BCUT2D eigenvalue weighted by molar-refractivity contribution is 5.90. The number of hydrogen-bond donors (Lipinski definition) is 3. The molecular weight excluding hydrogens is 386 g/mol. The van der Waals surface area contributed by atoms with Crippen molar-refractivity contribution in [3.8, 4) is 0 Å². The Bertz CT molecular complexity index is 768. The second kappa shape index (κ2) is 7.44. The quantitative estimate of drug-likeness (QED) is 0.601. The molecular formula is C21H33N5O4. The van der Waals surface area contributed by atoms with E-state index in [-0.39, 0.29) is 54.5 Å². The van der Waals surface area contributed by atoms with Gasteiger partial charge in [-0.05, 0) is 37.5 Å². The number of carbonyl (C=O) groups excluding carboxylic acids is 3. The van der Waals surface area contributed by atoms with Crippen LogP contribution in [0.5, 0.6) is 0 Å². The number of aliphatic hydroxyl groups is 1. The minimum Gasteiger partial charge on any atom is -0.396 e. The second-order valence-electron chi connectivity index (χ2n) is 10.2. The van der Waals surface area contributed by atoms with Gasteiger partial charge in [-0.25, -0.2) is 4.79 Å². The van der Waals surface area contributed by atoms with Gasteiger partial charge in [0, 0.05) is 29.9 Å². The topological polar surface area (TPSA) is 119 Å². The second-order valence-corrected chi connectivity index (χ2v) is 10.2. The smallest absolute Gasteiger partial charge is 0.320 e. The van der Waals surface area contributed by atoms with E-state index >= 15 is 0 Å². The molecule has 4 N–H and O–H groups in total. The highest BCUT2D eigenvalue weighted by Gasteiger charge is 2.67. The van der Waals surface area contributed by atoms with E-state index in [0.717, 1.165) is 32.1 Å². The molecule has 0 unspecified atom stereocenters. The van der Waals surface area contributed by atoms with Crippen molar-refractivity contribution in [3.63, 3.8) is 0 Å². The monoisotopic (exact) mass is 419 g/mol. The molecule has 0 spiro atoms. The Balaban J connectivity index is 1.41. The molecule has 0 aromatic rings. The normalized spacial score (nSPS) is 34.1. The molecule has 0 aromatic carbocycles. The first-order chi connectivity index (χ1) is 14.1. The molecule has 166 valence electrons. The summed E-state index contributed by atoms with van der Waals surface area (Å²) in [6.07, 6.45) is 8.60. The van der Waals surface area contributed by atoms with Gasteiger partial charge >= 0.3 is 6.03 Å². The molecule has 2 aliphatic heterocycles. The summed E-state index contributed by atoms with van der Waals surface area (Å²) in [7, 11) is 0. The number of primary amides is 1. The van der Waals surface area contributed by atoms with Gasteiger partial charge in [-0.15, -0.1) is 0 Å². The molecule has 4 atom stereocenters. The van der Waals surface area contributed by atoms with Crippen molar-refractivity contribution < 1.29 is 19.5 Å². The average Bonchev–Trinajstić information content (AvgIpc) is 3.02. The van der Waals surface area contributed by atoms with E-state index in [0.29, 0.717) is 6.42 Å². The van der Waals surface area contributed by atoms with Crippen molar-refractivity contribution in [2.24, 2.45) is 16.6 Å². The van der Waals surface area contributed by atoms with Crippen LogP contribution in [0.25, 0.3) is 0 Å². The third kappa shape index (κ3) is 3.87. The van der Waals surface area contributed by atoms with Crippen molar-refractivity contribution in [1.82, 2.24) is 20.0 Å².